The molecule has 0 saturated heterocycles. The van der Waals surface area contributed by atoms with Crippen molar-refractivity contribution in [3.05, 3.63) is 11.1 Å². The second kappa shape index (κ2) is 7.42. The number of hydrogen-bond acceptors (Lipinski definition) is 6. The molecule has 0 aliphatic rings. The van der Waals surface area contributed by atoms with E-state index in [1.54, 1.807) is 7.11 Å². The zero-order chi connectivity index (χ0) is 13.5. The van der Waals surface area contributed by atoms with E-state index in [0.717, 1.165) is 5.69 Å². The molecule has 0 aromatic carbocycles. The number of carbonyl (C=O) groups is 1. The number of rotatable bonds is 7. The van der Waals surface area contributed by atoms with E-state index >= 15 is 0 Å². The molecular formula is C11H19N3O3S. The van der Waals surface area contributed by atoms with Crippen LogP contribution in [0, 0.1) is 0 Å². The second-order valence-electron chi connectivity index (χ2n) is 4.13. The minimum Gasteiger partial charge on any atom is -0.389 e. The lowest BCUT2D eigenvalue weighted by atomic mass is 10.3. The Balaban J connectivity index is 2.41. The van der Waals surface area contributed by atoms with Crippen molar-refractivity contribution in [1.29, 1.82) is 0 Å². The van der Waals surface area contributed by atoms with Gasteiger partial charge in [0, 0.05) is 32.5 Å². The molecule has 18 heavy (non-hydrogen) atoms. The van der Waals surface area contributed by atoms with Crippen LogP contribution in [0.2, 0.25) is 0 Å². The summed E-state index contributed by atoms with van der Waals surface area (Å²) in [6, 6.07) is 0. The molecule has 7 heteroatoms. The minimum atomic E-state index is -0.506. The van der Waals surface area contributed by atoms with E-state index in [-0.39, 0.29) is 5.91 Å². The molecule has 0 fully saturated rings. The maximum Gasteiger partial charge on any atom is 0.223 e. The molecule has 0 spiro atoms. The summed E-state index contributed by atoms with van der Waals surface area (Å²) in [6.45, 7) is 2.91. The minimum absolute atomic E-state index is 0.125. The first kappa shape index (κ1) is 15.0. The number of likely N-dealkylation sites (N-methyl/N-ethyl adjacent to an activating group) is 1. The highest BCUT2D eigenvalue weighted by Crippen LogP contribution is 2.16. The van der Waals surface area contributed by atoms with Crippen molar-refractivity contribution in [2.75, 3.05) is 32.6 Å². The number of ether oxygens (including phenoxy) is 1. The monoisotopic (exact) mass is 273 g/mol. The van der Waals surface area contributed by atoms with Gasteiger partial charge in [0.1, 0.15) is 0 Å². The van der Waals surface area contributed by atoms with E-state index in [4.69, 9.17) is 4.74 Å². The fourth-order valence-electron chi connectivity index (χ4n) is 1.53. The van der Waals surface area contributed by atoms with Gasteiger partial charge in [-0.1, -0.05) is 0 Å². The number of anilines is 1. The van der Waals surface area contributed by atoms with Crippen LogP contribution in [-0.2, 0) is 16.1 Å². The fraction of sp³-hybridized carbons (Fsp3) is 0.636. The number of carbonyl (C=O) groups excluding carboxylic acids is 1. The number of hydrogen-bond donors (Lipinski definition) is 2. The molecule has 0 radical (unpaired) electrons. The average molecular weight is 273 g/mol. The van der Waals surface area contributed by atoms with E-state index < -0.39 is 6.10 Å². The predicted octanol–water partition coefficient (Wildman–Crippen LogP) is 0.541. The van der Waals surface area contributed by atoms with Gasteiger partial charge >= 0.3 is 0 Å². The Labute approximate surface area is 111 Å². The maximum atomic E-state index is 10.9. The Kier molecular flexibility index (Phi) is 6.20. The molecule has 1 rings (SSSR count). The van der Waals surface area contributed by atoms with Crippen molar-refractivity contribution >= 4 is 22.4 Å². The molecular weight excluding hydrogens is 254 g/mol. The smallest absolute Gasteiger partial charge is 0.223 e. The molecule has 2 N–H and O–H groups in total. The zero-order valence-electron chi connectivity index (χ0n) is 10.8. The zero-order valence-corrected chi connectivity index (χ0v) is 11.7. The van der Waals surface area contributed by atoms with E-state index in [1.807, 2.05) is 17.3 Å². The maximum absolute atomic E-state index is 10.9. The van der Waals surface area contributed by atoms with Crippen LogP contribution in [0.1, 0.15) is 12.6 Å². The number of nitrogens with zero attached hydrogens (tertiary/aromatic N) is 2. The van der Waals surface area contributed by atoms with Crippen LogP contribution in [0.5, 0.6) is 0 Å². The van der Waals surface area contributed by atoms with Gasteiger partial charge in [0.15, 0.2) is 5.13 Å². The summed E-state index contributed by atoms with van der Waals surface area (Å²) in [6.07, 6.45) is -0.506. The van der Waals surface area contributed by atoms with Crippen LogP contribution in [0.4, 0.5) is 5.13 Å². The first-order valence-corrected chi connectivity index (χ1v) is 6.46. The van der Waals surface area contributed by atoms with Gasteiger partial charge in [-0.15, -0.1) is 11.3 Å². The standard InChI is InChI=1S/C11H19N3O3S/c1-8(15)12-11-13-9(7-18-11)4-14(2)5-10(16)6-17-3/h7,10,16H,4-6H2,1-3H3,(H,12,13,15). The van der Waals surface area contributed by atoms with E-state index in [2.05, 4.69) is 10.3 Å². The van der Waals surface area contributed by atoms with Crippen molar-refractivity contribution in [3.8, 4) is 0 Å². The summed E-state index contributed by atoms with van der Waals surface area (Å²) in [4.78, 5) is 17.1. The van der Waals surface area contributed by atoms with Gasteiger partial charge in [0.05, 0.1) is 18.4 Å². The number of thiazole rings is 1. The van der Waals surface area contributed by atoms with Crippen molar-refractivity contribution in [1.82, 2.24) is 9.88 Å². The van der Waals surface area contributed by atoms with Crippen molar-refractivity contribution in [2.24, 2.45) is 0 Å². The van der Waals surface area contributed by atoms with Crippen LogP contribution >= 0.6 is 11.3 Å². The topological polar surface area (TPSA) is 74.7 Å². The van der Waals surface area contributed by atoms with Crippen molar-refractivity contribution in [3.63, 3.8) is 0 Å². The SMILES string of the molecule is COCC(O)CN(C)Cc1csc(NC(C)=O)n1. The Morgan fingerprint density at radius 2 is 2.44 bits per heavy atom. The number of aromatic nitrogens is 1. The molecule has 1 atom stereocenters. The Morgan fingerprint density at radius 1 is 1.72 bits per heavy atom. The Bertz CT molecular complexity index is 383. The van der Waals surface area contributed by atoms with Gasteiger partial charge in [0.25, 0.3) is 0 Å². The van der Waals surface area contributed by atoms with Gasteiger partial charge < -0.3 is 15.2 Å². The molecule has 0 bridgehead atoms. The van der Waals surface area contributed by atoms with Crippen LogP contribution in [0.15, 0.2) is 5.38 Å². The summed E-state index contributed by atoms with van der Waals surface area (Å²) in [5.74, 6) is -0.125. The number of nitrogens with one attached hydrogen (secondary N) is 1. The summed E-state index contributed by atoms with van der Waals surface area (Å²) < 4.78 is 4.86. The lowest BCUT2D eigenvalue weighted by Crippen LogP contribution is -2.31. The molecule has 1 amide bonds. The molecule has 0 saturated carbocycles. The second-order valence-corrected chi connectivity index (χ2v) is 4.99. The number of methoxy groups -OCH3 is 1. The molecule has 0 aliphatic carbocycles. The normalized spacial score (nSPS) is 12.7. The third-order valence-corrected chi connectivity index (χ3v) is 2.95. The number of aliphatic hydroxyl groups excluding tert-OH is 1. The molecule has 1 unspecified atom stereocenters. The highest BCUT2D eigenvalue weighted by Gasteiger charge is 2.10. The summed E-state index contributed by atoms with van der Waals surface area (Å²) in [5.41, 5.74) is 0.871. The summed E-state index contributed by atoms with van der Waals surface area (Å²) in [5, 5.41) is 14.7. The van der Waals surface area contributed by atoms with Crippen LogP contribution in [-0.4, -0.2) is 54.3 Å². The first-order chi connectivity index (χ1) is 8.51. The van der Waals surface area contributed by atoms with Crippen molar-refractivity contribution < 1.29 is 14.6 Å². The van der Waals surface area contributed by atoms with Crippen molar-refractivity contribution in [2.45, 2.75) is 19.6 Å². The van der Waals surface area contributed by atoms with E-state index in [0.29, 0.717) is 24.8 Å². The van der Waals surface area contributed by atoms with Gasteiger partial charge in [-0.3, -0.25) is 9.69 Å². The first-order valence-electron chi connectivity index (χ1n) is 5.58. The average Bonchev–Trinajstić information content (AvgIpc) is 2.64. The summed E-state index contributed by atoms with van der Waals surface area (Å²) in [7, 11) is 3.46. The predicted molar refractivity (Wildman–Crippen MR) is 70.6 cm³/mol. The van der Waals surface area contributed by atoms with Gasteiger partial charge in [-0.25, -0.2) is 4.98 Å². The van der Waals surface area contributed by atoms with Crippen LogP contribution in [0.25, 0.3) is 0 Å². The molecule has 1 aromatic rings. The fourth-order valence-corrected chi connectivity index (χ4v) is 2.28. The largest absolute Gasteiger partial charge is 0.389 e. The molecule has 1 heterocycles. The highest BCUT2D eigenvalue weighted by atomic mass is 32.1. The third kappa shape index (κ3) is 5.54. The van der Waals surface area contributed by atoms with Gasteiger partial charge in [-0.2, -0.15) is 0 Å². The molecule has 0 aliphatic heterocycles. The van der Waals surface area contributed by atoms with Gasteiger partial charge in [-0.05, 0) is 7.05 Å². The van der Waals surface area contributed by atoms with E-state index in [1.165, 1.54) is 18.3 Å². The lowest BCUT2D eigenvalue weighted by molar-refractivity contribution is -0.114. The lowest BCUT2D eigenvalue weighted by Gasteiger charge is -2.18. The number of amides is 1. The molecule has 1 aromatic heterocycles. The van der Waals surface area contributed by atoms with E-state index in [9.17, 15) is 9.90 Å². The number of aliphatic hydroxyl groups is 1. The Hall–Kier alpha value is -1.02. The summed E-state index contributed by atoms with van der Waals surface area (Å²) >= 11 is 1.39. The van der Waals surface area contributed by atoms with Crippen LogP contribution in [0.3, 0.4) is 0 Å². The molecule has 102 valence electrons. The Morgan fingerprint density at radius 3 is 3.06 bits per heavy atom. The molecule has 6 nitrogen and oxygen atoms in total. The quantitative estimate of drug-likeness (QED) is 0.758. The highest BCUT2D eigenvalue weighted by molar-refractivity contribution is 7.13. The van der Waals surface area contributed by atoms with Gasteiger partial charge in [0.2, 0.25) is 5.91 Å². The van der Waals surface area contributed by atoms with Crippen LogP contribution < -0.4 is 5.32 Å². The third-order valence-electron chi connectivity index (χ3n) is 2.15.